The van der Waals surface area contributed by atoms with Crippen molar-refractivity contribution >= 4 is 21.7 Å². The molecule has 0 amide bonds. The molecule has 13 heavy (non-hydrogen) atoms. The van der Waals surface area contributed by atoms with Crippen LogP contribution in [0.4, 0.5) is 0 Å². The van der Waals surface area contributed by atoms with Crippen LogP contribution in [-0.4, -0.2) is 59.2 Å². The highest BCUT2D eigenvalue weighted by Crippen LogP contribution is 2.36. The van der Waals surface area contributed by atoms with Crippen molar-refractivity contribution in [2.45, 2.75) is 4.32 Å². The standard InChI is InChI=1S/C9H13BrN2O/c10-9-5-11-1-2-12(6-9)4-7(3-11)8(9)13/h7H,1-6H2. The first-order chi connectivity index (χ1) is 6.17. The number of nitrogens with zero attached hydrogens (tertiary/aromatic N) is 2. The van der Waals surface area contributed by atoms with E-state index in [1.807, 2.05) is 0 Å². The Morgan fingerprint density at radius 3 is 2.23 bits per heavy atom. The van der Waals surface area contributed by atoms with Crippen LogP contribution in [0.25, 0.3) is 0 Å². The largest absolute Gasteiger partial charge is 0.299 e. The summed E-state index contributed by atoms with van der Waals surface area (Å²) in [5.74, 6) is 0.714. The third-order valence-corrected chi connectivity index (χ3v) is 4.34. The Morgan fingerprint density at radius 1 is 1.23 bits per heavy atom. The number of fused-ring (bicyclic) bond motifs is 1. The quantitative estimate of drug-likeness (QED) is 0.559. The molecule has 0 N–H and O–H groups in total. The monoisotopic (exact) mass is 244 g/mol. The second-order valence-electron chi connectivity index (χ2n) is 4.50. The van der Waals surface area contributed by atoms with Crippen molar-refractivity contribution in [3.8, 4) is 0 Å². The van der Waals surface area contributed by atoms with Crippen LogP contribution >= 0.6 is 15.9 Å². The lowest BCUT2D eigenvalue weighted by Gasteiger charge is -2.44. The summed E-state index contributed by atoms with van der Waals surface area (Å²) in [6.45, 7) is 6.08. The third kappa shape index (κ3) is 1.12. The van der Waals surface area contributed by atoms with Crippen LogP contribution in [0.3, 0.4) is 0 Å². The highest BCUT2D eigenvalue weighted by molar-refractivity contribution is 9.10. The van der Waals surface area contributed by atoms with Gasteiger partial charge in [-0.1, -0.05) is 15.9 Å². The van der Waals surface area contributed by atoms with Gasteiger partial charge in [-0.15, -0.1) is 0 Å². The number of rotatable bonds is 0. The molecular formula is C9H13BrN2O. The summed E-state index contributed by atoms with van der Waals surface area (Å²) in [4.78, 5) is 16.8. The highest BCUT2D eigenvalue weighted by Gasteiger charge is 2.52. The van der Waals surface area contributed by atoms with Gasteiger partial charge in [0.1, 0.15) is 4.32 Å². The van der Waals surface area contributed by atoms with Gasteiger partial charge in [0.2, 0.25) is 0 Å². The summed E-state index contributed by atoms with van der Waals surface area (Å²) in [6, 6.07) is 0. The van der Waals surface area contributed by atoms with Crippen LogP contribution in [0.15, 0.2) is 0 Å². The number of Topliss-reactive ketones (excluding diaryl/α,β-unsaturated/α-hetero) is 1. The lowest BCUT2D eigenvalue weighted by atomic mass is 9.84. The van der Waals surface area contributed by atoms with E-state index in [0.717, 1.165) is 39.3 Å². The van der Waals surface area contributed by atoms with Gasteiger partial charge >= 0.3 is 0 Å². The molecule has 0 spiro atoms. The maximum atomic E-state index is 11.9. The Balaban J connectivity index is 2.03. The molecule has 4 saturated heterocycles. The smallest absolute Gasteiger partial charge is 0.157 e. The maximum Gasteiger partial charge on any atom is 0.157 e. The Hall–Kier alpha value is 0.0700. The molecule has 0 aromatic heterocycles. The second-order valence-corrected chi connectivity index (χ2v) is 6.01. The maximum absolute atomic E-state index is 11.9. The fourth-order valence-corrected chi connectivity index (χ4v) is 3.91. The number of alkyl halides is 1. The van der Waals surface area contributed by atoms with Crippen LogP contribution in [0.5, 0.6) is 0 Å². The number of ketones is 1. The van der Waals surface area contributed by atoms with Gasteiger partial charge in [-0.2, -0.15) is 0 Å². The van der Waals surface area contributed by atoms with E-state index in [1.165, 1.54) is 0 Å². The zero-order valence-electron chi connectivity index (χ0n) is 7.50. The molecule has 4 bridgehead atoms. The van der Waals surface area contributed by atoms with Gasteiger partial charge < -0.3 is 0 Å². The molecule has 0 radical (unpaired) electrons. The molecule has 4 aliphatic heterocycles. The topological polar surface area (TPSA) is 23.6 Å². The van der Waals surface area contributed by atoms with Crippen LogP contribution < -0.4 is 0 Å². The van der Waals surface area contributed by atoms with Gasteiger partial charge in [-0.25, -0.2) is 0 Å². The van der Waals surface area contributed by atoms with E-state index in [0.29, 0.717) is 5.78 Å². The summed E-state index contributed by atoms with van der Waals surface area (Å²) in [5, 5.41) is 0. The number of halogens is 1. The number of hydrogen-bond donors (Lipinski definition) is 0. The minimum absolute atomic E-state index is 0.231. The Morgan fingerprint density at radius 2 is 1.77 bits per heavy atom. The van der Waals surface area contributed by atoms with Crippen LogP contribution in [0, 0.1) is 5.92 Å². The molecule has 4 heteroatoms. The summed E-state index contributed by atoms with van der Waals surface area (Å²) < 4.78 is -0.231. The first kappa shape index (κ1) is 8.38. The van der Waals surface area contributed by atoms with E-state index in [9.17, 15) is 4.79 Å². The zero-order valence-corrected chi connectivity index (χ0v) is 9.09. The molecule has 2 unspecified atom stereocenters. The number of carbonyl (C=O) groups is 1. The molecule has 0 aromatic rings. The molecule has 4 aliphatic rings. The van der Waals surface area contributed by atoms with Crippen molar-refractivity contribution in [1.82, 2.24) is 9.80 Å². The highest BCUT2D eigenvalue weighted by atomic mass is 79.9. The number of hydrogen-bond acceptors (Lipinski definition) is 3. The molecule has 4 heterocycles. The van der Waals surface area contributed by atoms with E-state index in [1.54, 1.807) is 0 Å². The van der Waals surface area contributed by atoms with Crippen LogP contribution in [-0.2, 0) is 4.79 Å². The molecule has 3 nitrogen and oxygen atoms in total. The van der Waals surface area contributed by atoms with E-state index < -0.39 is 0 Å². The van der Waals surface area contributed by atoms with Crippen molar-refractivity contribution < 1.29 is 4.79 Å². The van der Waals surface area contributed by atoms with Crippen LogP contribution in [0.2, 0.25) is 0 Å². The van der Waals surface area contributed by atoms with E-state index >= 15 is 0 Å². The average Bonchev–Trinajstić information content (AvgIpc) is 2.28. The van der Waals surface area contributed by atoms with Gasteiger partial charge in [0.25, 0.3) is 0 Å². The van der Waals surface area contributed by atoms with Crippen molar-refractivity contribution in [3.63, 3.8) is 0 Å². The predicted octanol–water partition coefficient (Wildman–Crippen LogP) is -0.0498. The molecule has 0 aromatic carbocycles. The van der Waals surface area contributed by atoms with Gasteiger partial charge in [0.15, 0.2) is 5.78 Å². The summed E-state index contributed by atoms with van der Waals surface area (Å²) in [7, 11) is 0. The SMILES string of the molecule is O=C1C2CN3CCN(C2)CC1(Br)C3. The lowest BCUT2D eigenvalue weighted by Crippen LogP contribution is -2.62. The molecule has 4 fully saturated rings. The fraction of sp³-hybridized carbons (Fsp3) is 0.889. The molecule has 72 valence electrons. The minimum atomic E-state index is -0.231. The van der Waals surface area contributed by atoms with E-state index in [-0.39, 0.29) is 10.2 Å². The average molecular weight is 245 g/mol. The minimum Gasteiger partial charge on any atom is -0.299 e. The number of piperidine rings is 2. The van der Waals surface area contributed by atoms with Crippen molar-refractivity contribution in [2.75, 3.05) is 39.3 Å². The predicted molar refractivity (Wildman–Crippen MR) is 53.0 cm³/mol. The van der Waals surface area contributed by atoms with Gasteiger partial charge in [-0.05, 0) is 0 Å². The Kier molecular flexibility index (Phi) is 1.65. The van der Waals surface area contributed by atoms with Gasteiger partial charge in [0.05, 0.1) is 0 Å². The molecule has 2 atom stereocenters. The lowest BCUT2D eigenvalue weighted by molar-refractivity contribution is -0.131. The normalized spacial score (nSPS) is 53.9. The Bertz CT molecular complexity index is 252. The molecule has 4 rings (SSSR count). The van der Waals surface area contributed by atoms with E-state index in [4.69, 9.17) is 0 Å². The number of carbonyl (C=O) groups excluding carboxylic acids is 1. The molecular weight excluding hydrogens is 232 g/mol. The molecule has 0 saturated carbocycles. The summed E-state index contributed by atoms with van der Waals surface area (Å²) in [5.41, 5.74) is 0. The molecule has 0 aliphatic carbocycles. The first-order valence-electron chi connectivity index (χ1n) is 4.85. The summed E-state index contributed by atoms with van der Waals surface area (Å²) >= 11 is 3.64. The van der Waals surface area contributed by atoms with Crippen molar-refractivity contribution in [3.05, 3.63) is 0 Å². The van der Waals surface area contributed by atoms with Crippen molar-refractivity contribution in [1.29, 1.82) is 0 Å². The third-order valence-electron chi connectivity index (χ3n) is 3.45. The summed E-state index contributed by atoms with van der Waals surface area (Å²) in [6.07, 6.45) is 0. The fourth-order valence-electron chi connectivity index (χ4n) is 2.88. The second kappa shape index (κ2) is 2.55. The van der Waals surface area contributed by atoms with Gasteiger partial charge in [-0.3, -0.25) is 14.6 Å². The van der Waals surface area contributed by atoms with Gasteiger partial charge in [0, 0.05) is 45.2 Å². The Labute approximate surface area is 86.2 Å². The van der Waals surface area contributed by atoms with E-state index in [2.05, 4.69) is 25.7 Å². The van der Waals surface area contributed by atoms with Crippen LogP contribution in [0.1, 0.15) is 0 Å². The first-order valence-corrected chi connectivity index (χ1v) is 5.65. The van der Waals surface area contributed by atoms with Crippen molar-refractivity contribution in [2.24, 2.45) is 5.92 Å². The zero-order chi connectivity index (χ0) is 9.05.